The maximum Gasteiger partial charge on any atom is 0.420 e. The van der Waals surface area contributed by atoms with E-state index in [0.29, 0.717) is 5.75 Å². The summed E-state index contributed by atoms with van der Waals surface area (Å²) in [6.07, 6.45) is -4.19. The Morgan fingerprint density at radius 3 is 2.39 bits per heavy atom. The van der Waals surface area contributed by atoms with Crippen LogP contribution >= 0.6 is 0 Å². The van der Waals surface area contributed by atoms with Gasteiger partial charge in [-0.15, -0.1) is 0 Å². The van der Waals surface area contributed by atoms with Crippen LogP contribution in [-0.2, 0) is 6.18 Å². The number of benzene rings is 2. The van der Waals surface area contributed by atoms with E-state index in [9.17, 15) is 27.2 Å². The topological polar surface area (TPSA) is 80.0 Å². The van der Waals surface area contributed by atoms with Gasteiger partial charge in [-0.2, -0.15) is 18.3 Å². The first kappa shape index (κ1) is 25.2. The molecule has 0 spiro atoms. The van der Waals surface area contributed by atoms with Crippen molar-refractivity contribution in [2.24, 2.45) is 0 Å². The van der Waals surface area contributed by atoms with E-state index in [2.05, 4.69) is 10.1 Å². The number of hydrogen-bond donors (Lipinski definition) is 0. The van der Waals surface area contributed by atoms with Crippen LogP contribution in [-0.4, -0.2) is 62.1 Å². The number of imidazole rings is 1. The second-order valence-corrected chi connectivity index (χ2v) is 8.82. The molecule has 1 fully saturated rings. The molecular weight excluding hydrogens is 506 g/mol. The normalized spacial score (nSPS) is 16.1. The van der Waals surface area contributed by atoms with Gasteiger partial charge in [-0.3, -0.25) is 4.79 Å². The number of halogens is 4. The van der Waals surface area contributed by atoms with E-state index in [1.807, 2.05) is 0 Å². The molecule has 1 aliphatic heterocycles. The van der Waals surface area contributed by atoms with Gasteiger partial charge in [-0.1, -0.05) is 18.2 Å². The van der Waals surface area contributed by atoms with Gasteiger partial charge in [0.1, 0.15) is 22.8 Å². The lowest BCUT2D eigenvalue weighted by atomic mass is 10.1. The van der Waals surface area contributed by atoms with Gasteiger partial charge in [0.2, 0.25) is 0 Å². The lowest BCUT2D eigenvalue weighted by Crippen LogP contribution is -2.56. The smallest absolute Gasteiger partial charge is 0.410 e. The average molecular weight is 527 g/mol. The van der Waals surface area contributed by atoms with Crippen molar-refractivity contribution in [3.05, 3.63) is 83.9 Å². The molecule has 5 rings (SSSR count). The van der Waals surface area contributed by atoms with Gasteiger partial charge >= 0.3 is 12.3 Å². The molecule has 1 saturated heterocycles. The first-order chi connectivity index (χ1) is 18.1. The number of aromatic nitrogens is 3. The van der Waals surface area contributed by atoms with Crippen LogP contribution < -0.4 is 4.74 Å². The lowest BCUT2D eigenvalue weighted by molar-refractivity contribution is -0.136. The summed E-state index contributed by atoms with van der Waals surface area (Å²) in [6.45, 7) is 2.19. The van der Waals surface area contributed by atoms with E-state index in [1.165, 1.54) is 21.9 Å². The van der Waals surface area contributed by atoms with Gasteiger partial charge in [-0.25, -0.2) is 18.7 Å². The highest BCUT2D eigenvalue weighted by Gasteiger charge is 2.37. The van der Waals surface area contributed by atoms with Crippen LogP contribution in [0.1, 0.15) is 23.0 Å². The number of fused-ring (bicyclic) bond motifs is 1. The Morgan fingerprint density at radius 1 is 1.03 bits per heavy atom. The molecule has 0 radical (unpaired) electrons. The van der Waals surface area contributed by atoms with Crippen LogP contribution in [0.15, 0.2) is 66.9 Å². The molecule has 0 bridgehead atoms. The Kier molecular flexibility index (Phi) is 6.47. The first-order valence-corrected chi connectivity index (χ1v) is 11.7. The Balaban J connectivity index is 1.38. The van der Waals surface area contributed by atoms with Crippen molar-refractivity contribution < 1.29 is 31.9 Å². The Labute approximate surface area is 214 Å². The number of carbonyl (C=O) groups is 2. The molecule has 12 heteroatoms. The zero-order valence-electron chi connectivity index (χ0n) is 20.0. The molecule has 2 amide bonds. The molecule has 0 aliphatic carbocycles. The average Bonchev–Trinajstić information content (AvgIpc) is 3.32. The minimum Gasteiger partial charge on any atom is -0.410 e. The fourth-order valence-corrected chi connectivity index (χ4v) is 4.27. The highest BCUT2D eigenvalue weighted by Crippen LogP contribution is 2.34. The third-order valence-electron chi connectivity index (χ3n) is 6.19. The van der Waals surface area contributed by atoms with Gasteiger partial charge in [0, 0.05) is 31.2 Å². The maximum atomic E-state index is 13.9. The van der Waals surface area contributed by atoms with Crippen molar-refractivity contribution in [2.75, 3.05) is 19.6 Å². The Morgan fingerprint density at radius 2 is 1.74 bits per heavy atom. The maximum absolute atomic E-state index is 13.9. The summed E-state index contributed by atoms with van der Waals surface area (Å²) in [4.78, 5) is 32.7. The van der Waals surface area contributed by atoms with Crippen LogP contribution in [0, 0.1) is 5.82 Å². The number of nitrogens with zero attached hydrogens (tertiary/aromatic N) is 5. The number of alkyl halides is 3. The summed E-state index contributed by atoms with van der Waals surface area (Å²) in [5.41, 5.74) is -1.60. The van der Waals surface area contributed by atoms with Gasteiger partial charge in [-0.05, 0) is 49.4 Å². The van der Waals surface area contributed by atoms with E-state index < -0.39 is 41.2 Å². The monoisotopic (exact) mass is 527 g/mol. The SMILES string of the molecule is CC1CN(C(=O)c2cn3nc(-c4ccc(F)cc4)cc(C(F)(F)F)c3n2)CCN1C(=O)Oc1ccccc1. The molecule has 2 aromatic heterocycles. The highest BCUT2D eigenvalue weighted by molar-refractivity contribution is 5.93. The lowest BCUT2D eigenvalue weighted by Gasteiger charge is -2.38. The number of hydrogen-bond acceptors (Lipinski definition) is 5. The first-order valence-electron chi connectivity index (χ1n) is 11.7. The van der Waals surface area contributed by atoms with Crippen molar-refractivity contribution >= 4 is 17.6 Å². The number of para-hydroxylation sites is 1. The van der Waals surface area contributed by atoms with Crippen molar-refractivity contribution in [3.8, 4) is 17.0 Å². The molecular formula is C26H21F4N5O3. The molecule has 1 unspecified atom stereocenters. The summed E-state index contributed by atoms with van der Waals surface area (Å²) in [5.74, 6) is -0.736. The van der Waals surface area contributed by atoms with Gasteiger partial charge < -0.3 is 14.5 Å². The van der Waals surface area contributed by atoms with E-state index >= 15 is 0 Å². The minimum atomic E-state index is -4.77. The summed E-state index contributed by atoms with van der Waals surface area (Å²) >= 11 is 0. The van der Waals surface area contributed by atoms with E-state index in [4.69, 9.17) is 4.74 Å². The number of ether oxygens (including phenoxy) is 1. The molecule has 3 heterocycles. The van der Waals surface area contributed by atoms with Crippen LogP contribution in [0.5, 0.6) is 5.75 Å². The van der Waals surface area contributed by atoms with Gasteiger partial charge in [0.15, 0.2) is 5.65 Å². The summed E-state index contributed by atoms with van der Waals surface area (Å²) in [5, 5.41) is 4.18. The third-order valence-corrected chi connectivity index (χ3v) is 6.19. The quantitative estimate of drug-likeness (QED) is 0.354. The largest absolute Gasteiger partial charge is 0.420 e. The fourth-order valence-electron chi connectivity index (χ4n) is 4.27. The van der Waals surface area contributed by atoms with E-state index in [-0.39, 0.29) is 36.6 Å². The summed E-state index contributed by atoms with van der Waals surface area (Å²) in [7, 11) is 0. The number of carbonyl (C=O) groups excluding carboxylic acids is 2. The molecule has 38 heavy (non-hydrogen) atoms. The number of rotatable bonds is 3. The molecule has 8 nitrogen and oxygen atoms in total. The fraction of sp³-hybridized carbons (Fsp3) is 0.231. The molecule has 0 saturated carbocycles. The van der Waals surface area contributed by atoms with E-state index in [1.54, 1.807) is 37.3 Å². The molecule has 0 N–H and O–H groups in total. The third kappa shape index (κ3) is 5.01. The Hall–Kier alpha value is -4.48. The zero-order valence-corrected chi connectivity index (χ0v) is 20.0. The van der Waals surface area contributed by atoms with Crippen molar-refractivity contribution in [1.82, 2.24) is 24.4 Å². The number of amides is 2. The zero-order chi connectivity index (χ0) is 27.0. The molecule has 1 atom stereocenters. The summed E-state index contributed by atoms with van der Waals surface area (Å²) in [6, 6.07) is 13.8. The second kappa shape index (κ2) is 9.77. The molecule has 1 aliphatic rings. The molecule has 196 valence electrons. The standard InChI is InChI=1S/C26H21F4N5O3/c1-16-14-33(11-12-34(16)25(37)38-19-5-3-2-4-6-19)24(36)22-15-35-23(31-22)20(26(28,29)30)13-21(32-35)17-7-9-18(27)10-8-17/h2-10,13,15-16H,11-12,14H2,1H3. The van der Waals surface area contributed by atoms with Crippen molar-refractivity contribution in [3.63, 3.8) is 0 Å². The molecule has 2 aromatic carbocycles. The predicted molar refractivity (Wildman–Crippen MR) is 128 cm³/mol. The highest BCUT2D eigenvalue weighted by atomic mass is 19.4. The van der Waals surface area contributed by atoms with Crippen molar-refractivity contribution in [2.45, 2.75) is 19.1 Å². The van der Waals surface area contributed by atoms with Gasteiger partial charge in [0.05, 0.1) is 11.9 Å². The summed E-state index contributed by atoms with van der Waals surface area (Å²) < 4.78 is 61.2. The van der Waals surface area contributed by atoms with Crippen molar-refractivity contribution in [1.29, 1.82) is 0 Å². The van der Waals surface area contributed by atoms with Crippen LogP contribution in [0.25, 0.3) is 16.9 Å². The number of piperazine rings is 1. The predicted octanol–water partition coefficient (Wildman–Crippen LogP) is 4.90. The van der Waals surface area contributed by atoms with Crippen LogP contribution in [0.3, 0.4) is 0 Å². The van der Waals surface area contributed by atoms with E-state index in [0.717, 1.165) is 28.9 Å². The Bertz CT molecular complexity index is 1490. The van der Waals surface area contributed by atoms with Crippen LogP contribution in [0.4, 0.5) is 22.4 Å². The molecule has 4 aromatic rings. The minimum absolute atomic E-state index is 0.0552. The van der Waals surface area contributed by atoms with Gasteiger partial charge in [0.25, 0.3) is 5.91 Å². The second-order valence-electron chi connectivity index (χ2n) is 8.82. The van der Waals surface area contributed by atoms with Crippen LogP contribution in [0.2, 0.25) is 0 Å².